The van der Waals surface area contributed by atoms with Crippen molar-refractivity contribution in [3.8, 4) is 0 Å². The number of aryl methyl sites for hydroxylation is 1. The molecule has 2 aromatic rings. The molecule has 1 heterocycles. The van der Waals surface area contributed by atoms with E-state index < -0.39 is 10.0 Å². The summed E-state index contributed by atoms with van der Waals surface area (Å²) in [4.78, 5) is 14.5. The maximum atomic E-state index is 13.1. The van der Waals surface area contributed by atoms with Gasteiger partial charge in [-0.15, -0.1) is 0 Å². The van der Waals surface area contributed by atoms with Crippen LogP contribution in [0.3, 0.4) is 0 Å². The zero-order valence-corrected chi connectivity index (χ0v) is 18.1. The third kappa shape index (κ3) is 4.02. The number of fused-ring (bicyclic) bond motifs is 1. The average molecular weight is 463 g/mol. The molecule has 1 N–H and O–H groups in total. The van der Waals surface area contributed by atoms with Crippen LogP contribution in [0.1, 0.15) is 29.5 Å². The number of nitrogens with zero attached hydrogens (tertiary/aromatic N) is 1. The SMILES string of the molecule is Cc1ccc(CCNS(=O)(=O)c2cc(Br)cc3c2N(C(=O)C2CC2)CC3)cc1. The summed E-state index contributed by atoms with van der Waals surface area (Å²) in [6, 6.07) is 11.6. The lowest BCUT2D eigenvalue weighted by atomic mass is 10.1. The van der Waals surface area contributed by atoms with Crippen molar-refractivity contribution in [1.29, 1.82) is 0 Å². The number of carbonyl (C=O) groups is 1. The van der Waals surface area contributed by atoms with Gasteiger partial charge in [0.1, 0.15) is 4.90 Å². The van der Waals surface area contributed by atoms with Gasteiger partial charge < -0.3 is 4.90 Å². The molecule has 7 heteroatoms. The minimum Gasteiger partial charge on any atom is -0.310 e. The second-order valence-corrected chi connectivity index (χ2v) is 10.2. The Morgan fingerprint density at radius 3 is 2.61 bits per heavy atom. The van der Waals surface area contributed by atoms with E-state index in [4.69, 9.17) is 0 Å². The molecule has 2 aromatic carbocycles. The largest absolute Gasteiger partial charge is 0.310 e. The number of carbonyl (C=O) groups excluding carboxylic acids is 1. The molecular formula is C21H23BrN2O3S. The summed E-state index contributed by atoms with van der Waals surface area (Å²) in [5, 5.41) is 0. The van der Waals surface area contributed by atoms with E-state index in [2.05, 4.69) is 20.7 Å². The molecule has 5 nitrogen and oxygen atoms in total. The highest BCUT2D eigenvalue weighted by atomic mass is 79.9. The maximum Gasteiger partial charge on any atom is 0.242 e. The van der Waals surface area contributed by atoms with Crippen molar-refractivity contribution in [3.05, 3.63) is 57.6 Å². The number of halogens is 1. The molecule has 2 aliphatic rings. The number of benzene rings is 2. The summed E-state index contributed by atoms with van der Waals surface area (Å²) < 4.78 is 29.6. The lowest BCUT2D eigenvalue weighted by Crippen LogP contribution is -2.33. The van der Waals surface area contributed by atoms with Crippen molar-refractivity contribution in [1.82, 2.24) is 4.72 Å². The molecule has 0 radical (unpaired) electrons. The van der Waals surface area contributed by atoms with Gasteiger partial charge in [0.15, 0.2) is 0 Å². The summed E-state index contributed by atoms with van der Waals surface area (Å²) in [5.41, 5.74) is 3.72. The van der Waals surface area contributed by atoms with Crippen molar-refractivity contribution < 1.29 is 13.2 Å². The number of anilines is 1. The van der Waals surface area contributed by atoms with Crippen LogP contribution in [-0.2, 0) is 27.7 Å². The minimum atomic E-state index is -3.73. The van der Waals surface area contributed by atoms with Crippen LogP contribution >= 0.6 is 15.9 Å². The van der Waals surface area contributed by atoms with Gasteiger partial charge in [-0.3, -0.25) is 4.79 Å². The van der Waals surface area contributed by atoms with Crippen LogP contribution in [-0.4, -0.2) is 27.4 Å². The monoisotopic (exact) mass is 462 g/mol. The smallest absolute Gasteiger partial charge is 0.242 e. The summed E-state index contributed by atoms with van der Waals surface area (Å²) in [6.45, 7) is 2.88. The van der Waals surface area contributed by atoms with Crippen LogP contribution in [0, 0.1) is 12.8 Å². The summed E-state index contributed by atoms with van der Waals surface area (Å²) in [6.07, 6.45) is 3.09. The molecule has 4 rings (SSSR count). The Balaban J connectivity index is 1.57. The third-order valence-electron chi connectivity index (χ3n) is 5.30. The first-order valence-electron chi connectivity index (χ1n) is 9.54. The van der Waals surface area contributed by atoms with Gasteiger partial charge in [-0.25, -0.2) is 13.1 Å². The number of amides is 1. The molecule has 1 aliphatic heterocycles. The van der Waals surface area contributed by atoms with Gasteiger partial charge in [0, 0.05) is 23.5 Å². The van der Waals surface area contributed by atoms with E-state index in [0.717, 1.165) is 24.0 Å². The quantitative estimate of drug-likeness (QED) is 0.713. The topological polar surface area (TPSA) is 66.5 Å². The molecule has 28 heavy (non-hydrogen) atoms. The van der Waals surface area contributed by atoms with E-state index in [1.165, 1.54) is 5.56 Å². The van der Waals surface area contributed by atoms with Crippen molar-refractivity contribution in [2.24, 2.45) is 5.92 Å². The standard InChI is InChI=1S/C21H23BrN2O3S/c1-14-2-4-15(5-3-14)8-10-23-28(26,27)19-13-18(22)12-17-9-11-24(20(17)19)21(25)16-6-7-16/h2-5,12-13,16,23H,6-11H2,1H3. The van der Waals surface area contributed by atoms with Gasteiger partial charge in [0.2, 0.25) is 15.9 Å². The van der Waals surface area contributed by atoms with Gasteiger partial charge in [0.25, 0.3) is 0 Å². The number of hydrogen-bond donors (Lipinski definition) is 1. The van der Waals surface area contributed by atoms with E-state index >= 15 is 0 Å². The Morgan fingerprint density at radius 1 is 1.21 bits per heavy atom. The minimum absolute atomic E-state index is 0.0529. The molecule has 0 atom stereocenters. The number of rotatable bonds is 6. The normalized spacial score (nSPS) is 16.3. The van der Waals surface area contributed by atoms with Crippen LogP contribution < -0.4 is 9.62 Å². The predicted molar refractivity (Wildman–Crippen MR) is 113 cm³/mol. The highest BCUT2D eigenvalue weighted by Crippen LogP contribution is 2.41. The molecule has 0 bridgehead atoms. The van der Waals surface area contributed by atoms with E-state index in [-0.39, 0.29) is 16.7 Å². The summed E-state index contributed by atoms with van der Waals surface area (Å²) in [5.74, 6) is 0.108. The number of nitrogens with one attached hydrogen (secondary N) is 1. The van der Waals surface area contributed by atoms with Gasteiger partial charge in [-0.2, -0.15) is 0 Å². The Bertz CT molecular complexity index is 1010. The molecule has 0 saturated heterocycles. The molecule has 0 spiro atoms. The highest BCUT2D eigenvalue weighted by Gasteiger charge is 2.39. The first kappa shape index (κ1) is 19.6. The predicted octanol–water partition coefficient (Wildman–Crippen LogP) is 3.58. The number of hydrogen-bond acceptors (Lipinski definition) is 3. The Morgan fingerprint density at radius 2 is 1.93 bits per heavy atom. The van der Waals surface area contributed by atoms with Crippen molar-refractivity contribution in [3.63, 3.8) is 0 Å². The van der Waals surface area contributed by atoms with Gasteiger partial charge in [-0.05, 0) is 55.9 Å². The molecule has 0 unspecified atom stereocenters. The van der Waals surface area contributed by atoms with Gasteiger partial charge >= 0.3 is 0 Å². The zero-order valence-electron chi connectivity index (χ0n) is 15.7. The molecule has 0 aromatic heterocycles. The first-order valence-corrected chi connectivity index (χ1v) is 11.8. The van der Waals surface area contributed by atoms with Gasteiger partial charge in [0.05, 0.1) is 5.69 Å². The fourth-order valence-electron chi connectivity index (χ4n) is 3.61. The third-order valence-corrected chi connectivity index (χ3v) is 7.23. The van der Waals surface area contributed by atoms with E-state index in [1.54, 1.807) is 11.0 Å². The lowest BCUT2D eigenvalue weighted by molar-refractivity contribution is -0.119. The Labute approximate surface area is 174 Å². The molecule has 1 saturated carbocycles. The fraction of sp³-hybridized carbons (Fsp3) is 0.381. The Hall–Kier alpha value is -1.70. The molecule has 1 fully saturated rings. The Kier molecular flexibility index (Phi) is 5.33. The van der Waals surface area contributed by atoms with Crippen LogP contribution in [0.2, 0.25) is 0 Å². The lowest BCUT2D eigenvalue weighted by Gasteiger charge is -2.21. The summed E-state index contributed by atoms with van der Waals surface area (Å²) in [7, 11) is -3.73. The molecule has 1 aliphatic carbocycles. The van der Waals surface area contributed by atoms with Crippen LogP contribution in [0.25, 0.3) is 0 Å². The highest BCUT2D eigenvalue weighted by molar-refractivity contribution is 9.10. The summed E-state index contributed by atoms with van der Waals surface area (Å²) >= 11 is 3.42. The molecular weight excluding hydrogens is 440 g/mol. The molecule has 1 amide bonds. The van der Waals surface area contributed by atoms with Crippen LogP contribution in [0.5, 0.6) is 0 Å². The van der Waals surface area contributed by atoms with Crippen LogP contribution in [0.4, 0.5) is 5.69 Å². The van der Waals surface area contributed by atoms with E-state index in [1.807, 2.05) is 37.3 Å². The van der Waals surface area contributed by atoms with E-state index in [0.29, 0.717) is 36.1 Å². The maximum absolute atomic E-state index is 13.1. The average Bonchev–Trinajstić information content (AvgIpc) is 3.42. The van der Waals surface area contributed by atoms with Crippen molar-refractivity contribution in [2.45, 2.75) is 37.5 Å². The second kappa shape index (κ2) is 7.61. The molecule has 148 valence electrons. The number of sulfonamides is 1. The zero-order chi connectivity index (χ0) is 19.9. The van der Waals surface area contributed by atoms with Crippen molar-refractivity contribution in [2.75, 3.05) is 18.0 Å². The first-order chi connectivity index (χ1) is 13.3. The van der Waals surface area contributed by atoms with E-state index in [9.17, 15) is 13.2 Å². The fourth-order valence-corrected chi connectivity index (χ4v) is 5.57. The van der Waals surface area contributed by atoms with Gasteiger partial charge in [-0.1, -0.05) is 45.8 Å². The van der Waals surface area contributed by atoms with Crippen LogP contribution in [0.15, 0.2) is 45.8 Å². The second-order valence-electron chi connectivity index (χ2n) is 7.56. The van der Waals surface area contributed by atoms with Crippen molar-refractivity contribution >= 4 is 37.5 Å².